The van der Waals surface area contributed by atoms with Crippen LogP contribution in [0, 0.1) is 17.0 Å². The minimum absolute atomic E-state index is 0.0299. The molecule has 0 saturated heterocycles. The molecule has 0 N–H and O–H groups in total. The molecule has 1 aliphatic heterocycles. The van der Waals surface area contributed by atoms with E-state index in [1.165, 1.54) is 24.3 Å². The van der Waals surface area contributed by atoms with Crippen molar-refractivity contribution in [1.82, 2.24) is 4.98 Å². The zero-order chi connectivity index (χ0) is 30.5. The number of carbonyl (C=O) groups is 2. The summed E-state index contributed by atoms with van der Waals surface area (Å²) in [7, 11) is 0. The summed E-state index contributed by atoms with van der Waals surface area (Å²) in [6.07, 6.45) is 2.45. The van der Waals surface area contributed by atoms with Gasteiger partial charge in [0.1, 0.15) is 24.8 Å². The molecule has 0 spiro atoms. The average Bonchev–Trinajstić information content (AvgIpc) is 3.82. The van der Waals surface area contributed by atoms with Gasteiger partial charge in [-0.2, -0.15) is 0 Å². The first-order valence-electron chi connectivity index (χ1n) is 14.5. The number of fused-ring (bicyclic) bond motifs is 2. The van der Waals surface area contributed by atoms with Crippen molar-refractivity contribution < 1.29 is 42.1 Å². The minimum Gasteiger partial charge on any atom is -0.487 e. The van der Waals surface area contributed by atoms with Crippen LogP contribution in [0.25, 0.3) is 10.9 Å². The summed E-state index contributed by atoms with van der Waals surface area (Å²) < 4.78 is 57.3. The van der Waals surface area contributed by atoms with E-state index in [1.807, 2.05) is 0 Å². The lowest BCUT2D eigenvalue weighted by atomic mass is 9.88. The van der Waals surface area contributed by atoms with E-state index in [-0.39, 0.29) is 36.0 Å². The van der Waals surface area contributed by atoms with Gasteiger partial charge in [-0.3, -0.25) is 14.6 Å². The lowest BCUT2D eigenvalue weighted by Gasteiger charge is -2.17. The number of pyridine rings is 1. The van der Waals surface area contributed by atoms with Gasteiger partial charge in [0.25, 0.3) is 0 Å². The van der Waals surface area contributed by atoms with Crippen LogP contribution >= 0.6 is 0 Å². The number of hydrogen-bond acceptors (Lipinski definition) is 8. The largest absolute Gasteiger partial charge is 0.487 e. The first-order valence-corrected chi connectivity index (χ1v) is 14.5. The first-order chi connectivity index (χ1) is 21.4. The van der Waals surface area contributed by atoms with Crippen molar-refractivity contribution in [1.29, 1.82) is 0 Å². The van der Waals surface area contributed by atoms with Crippen LogP contribution < -0.4 is 14.2 Å². The number of benzene rings is 3. The molecule has 1 fully saturated rings. The predicted molar refractivity (Wildman–Crippen MR) is 156 cm³/mol. The molecule has 1 saturated carbocycles. The molecular weight excluding hydrogens is 572 g/mol. The minimum atomic E-state index is -1.06. The molecule has 1 aliphatic carbocycles. The lowest BCUT2D eigenvalue weighted by Crippen LogP contribution is -2.28. The van der Waals surface area contributed by atoms with E-state index < -0.39 is 11.2 Å². The van der Waals surface area contributed by atoms with Crippen LogP contribution in [-0.2, 0) is 31.9 Å². The Kier molecular flexibility index (Phi) is 8.81. The van der Waals surface area contributed by atoms with Crippen molar-refractivity contribution in [3.63, 3.8) is 0 Å². The quantitative estimate of drug-likeness (QED) is 0.233. The van der Waals surface area contributed by atoms with Crippen molar-refractivity contribution >= 4 is 22.5 Å². The van der Waals surface area contributed by atoms with Crippen LogP contribution in [0.1, 0.15) is 24.0 Å². The third-order valence-electron chi connectivity index (χ3n) is 7.79. The summed E-state index contributed by atoms with van der Waals surface area (Å²) in [5, 5.41) is 0.591. The average molecular weight is 604 g/mol. The summed E-state index contributed by atoms with van der Waals surface area (Å²) in [6.45, 7) is 2.33. The fourth-order valence-electron chi connectivity index (χ4n) is 5.19. The number of nitrogens with zero attached hydrogens (tertiary/aromatic N) is 1. The number of carbonyl (C=O) groups excluding carboxylic acids is 2. The topological polar surface area (TPSA) is 93.2 Å². The highest BCUT2D eigenvalue weighted by Gasteiger charge is 2.54. The second-order valence-corrected chi connectivity index (χ2v) is 10.8. The molecule has 10 heteroatoms. The van der Waals surface area contributed by atoms with Crippen LogP contribution in [0.3, 0.4) is 0 Å². The standard InChI is InChI=1S/C34H31F2NO7/c35-24-4-1-22(2-5-24)18-32(38)34(8-9-34)33(39)19-23-3-6-29(26(36)17-23)44-28-7-10-37-27-21-31-30(20-25(27)28)42-15-13-40-11-12-41-14-16-43-31/h1-7,10,17,20-21H,8-9,11-16,18-19H2. The van der Waals surface area contributed by atoms with E-state index in [0.29, 0.717) is 91.8 Å². The van der Waals surface area contributed by atoms with Crippen LogP contribution in [-0.4, -0.2) is 56.2 Å². The van der Waals surface area contributed by atoms with Crippen molar-refractivity contribution in [3.05, 3.63) is 89.6 Å². The van der Waals surface area contributed by atoms with Gasteiger partial charge in [-0.1, -0.05) is 18.2 Å². The molecule has 3 aromatic carbocycles. The molecule has 2 heterocycles. The lowest BCUT2D eigenvalue weighted by molar-refractivity contribution is -0.133. The number of rotatable bonds is 8. The van der Waals surface area contributed by atoms with Crippen molar-refractivity contribution in [2.24, 2.45) is 5.41 Å². The smallest absolute Gasteiger partial charge is 0.166 e. The highest BCUT2D eigenvalue weighted by atomic mass is 19.1. The van der Waals surface area contributed by atoms with Gasteiger partial charge in [0, 0.05) is 30.5 Å². The van der Waals surface area contributed by atoms with Crippen LogP contribution in [0.5, 0.6) is 23.0 Å². The Morgan fingerprint density at radius 2 is 1.34 bits per heavy atom. The van der Waals surface area contributed by atoms with E-state index in [2.05, 4.69) is 4.98 Å². The maximum Gasteiger partial charge on any atom is 0.166 e. The normalized spacial score (nSPS) is 16.4. The molecule has 0 amide bonds. The fraction of sp³-hybridized carbons (Fsp3) is 0.324. The Balaban J connectivity index is 1.16. The Hall–Kier alpha value is -4.41. The van der Waals surface area contributed by atoms with Crippen LogP contribution in [0.2, 0.25) is 0 Å². The van der Waals surface area contributed by atoms with Gasteiger partial charge < -0.3 is 23.7 Å². The molecule has 228 valence electrons. The third-order valence-corrected chi connectivity index (χ3v) is 7.79. The van der Waals surface area contributed by atoms with Crippen molar-refractivity contribution in [2.75, 3.05) is 39.6 Å². The molecule has 44 heavy (non-hydrogen) atoms. The highest BCUT2D eigenvalue weighted by molar-refractivity contribution is 6.11. The van der Waals surface area contributed by atoms with E-state index in [0.717, 1.165) is 0 Å². The molecule has 4 aromatic rings. The van der Waals surface area contributed by atoms with Gasteiger partial charge in [-0.25, -0.2) is 8.78 Å². The monoisotopic (exact) mass is 603 g/mol. The fourth-order valence-corrected chi connectivity index (χ4v) is 5.19. The summed E-state index contributed by atoms with van der Waals surface area (Å²) in [4.78, 5) is 30.6. The highest BCUT2D eigenvalue weighted by Crippen LogP contribution is 2.49. The Morgan fingerprint density at radius 3 is 2.00 bits per heavy atom. The maximum atomic E-state index is 15.3. The molecule has 1 aromatic heterocycles. The molecule has 8 nitrogen and oxygen atoms in total. The zero-order valence-electron chi connectivity index (χ0n) is 24.0. The third kappa shape index (κ3) is 6.71. The molecule has 0 bridgehead atoms. The van der Waals surface area contributed by atoms with E-state index in [4.69, 9.17) is 23.7 Å². The Morgan fingerprint density at radius 1 is 0.727 bits per heavy atom. The second kappa shape index (κ2) is 13.1. The van der Waals surface area contributed by atoms with Crippen LogP contribution in [0.15, 0.2) is 66.9 Å². The van der Waals surface area contributed by atoms with Gasteiger partial charge >= 0.3 is 0 Å². The molecular formula is C34H31F2NO7. The van der Waals surface area contributed by atoms with Gasteiger partial charge in [0.2, 0.25) is 0 Å². The molecule has 0 radical (unpaired) electrons. The van der Waals surface area contributed by atoms with Gasteiger partial charge in [0.15, 0.2) is 34.6 Å². The Bertz CT molecular complexity index is 1670. The SMILES string of the molecule is O=C(Cc1ccc(F)cc1)C1(C(=O)Cc2ccc(Oc3ccnc4cc5c(cc34)OCCOCCOCCO5)c(F)c2)CC1. The van der Waals surface area contributed by atoms with Gasteiger partial charge in [-0.15, -0.1) is 0 Å². The van der Waals surface area contributed by atoms with Gasteiger partial charge in [0.05, 0.1) is 37.4 Å². The number of ether oxygens (including phenoxy) is 5. The molecule has 0 atom stereocenters. The van der Waals surface area contributed by atoms with E-state index in [9.17, 15) is 14.0 Å². The number of hydrogen-bond donors (Lipinski definition) is 0. The first kappa shape index (κ1) is 29.7. The second-order valence-electron chi connectivity index (χ2n) is 10.8. The number of ketones is 2. The summed E-state index contributed by atoms with van der Waals surface area (Å²) in [5.41, 5.74) is 0.598. The molecule has 2 aliphatic rings. The van der Waals surface area contributed by atoms with Gasteiger partial charge in [-0.05, 0) is 60.4 Å². The van der Waals surface area contributed by atoms with Crippen LogP contribution in [0.4, 0.5) is 8.78 Å². The van der Waals surface area contributed by atoms with Crippen molar-refractivity contribution in [3.8, 4) is 23.0 Å². The van der Waals surface area contributed by atoms with Crippen molar-refractivity contribution in [2.45, 2.75) is 25.7 Å². The van der Waals surface area contributed by atoms with E-state index in [1.54, 1.807) is 42.6 Å². The summed E-state index contributed by atoms with van der Waals surface area (Å²) in [6, 6.07) is 15.1. The predicted octanol–water partition coefficient (Wildman–Crippen LogP) is 5.81. The Labute approximate surface area is 252 Å². The maximum absolute atomic E-state index is 15.3. The summed E-state index contributed by atoms with van der Waals surface area (Å²) in [5.74, 6) is -0.179. The molecule has 0 unspecified atom stereocenters. The molecule has 6 rings (SSSR count). The van der Waals surface area contributed by atoms with E-state index >= 15 is 4.39 Å². The number of halogens is 2. The number of Topliss-reactive ketones (excluding diaryl/α,β-unsaturated/α-hetero) is 2. The summed E-state index contributed by atoms with van der Waals surface area (Å²) >= 11 is 0. The number of aromatic nitrogens is 1. The zero-order valence-corrected chi connectivity index (χ0v) is 24.0.